The number of nitrogens with one attached hydrogen (secondary N) is 3. The highest BCUT2D eigenvalue weighted by atomic mass is 127. The highest BCUT2D eigenvalue weighted by Gasteiger charge is 2.15. The highest BCUT2D eigenvalue weighted by Crippen LogP contribution is 2.19. The van der Waals surface area contributed by atoms with E-state index in [1.54, 1.807) is 18.4 Å². The number of hydrogen-bond acceptors (Lipinski definition) is 4. The minimum atomic E-state index is -1.63. The Hall–Kier alpha value is -1.89. The molecule has 0 aliphatic carbocycles. The Morgan fingerprint density at radius 1 is 1.21 bits per heavy atom. The zero-order chi connectivity index (χ0) is 19.8. The summed E-state index contributed by atoms with van der Waals surface area (Å²) in [5, 5.41) is 8.97. The summed E-state index contributed by atoms with van der Waals surface area (Å²) < 4.78 is 39.6. The monoisotopic (exact) mass is 527 g/mol. The van der Waals surface area contributed by atoms with Crippen LogP contribution >= 0.6 is 35.3 Å². The number of amides is 1. The molecule has 0 bridgehead atoms. The van der Waals surface area contributed by atoms with Crippen molar-refractivity contribution in [3.8, 4) is 0 Å². The molecule has 0 aliphatic rings. The number of nitrogens with zero attached hydrogens (tertiary/aromatic N) is 2. The number of carbonyl (C=O) groups excluding carboxylic acids is 1. The van der Waals surface area contributed by atoms with Crippen LogP contribution in [-0.2, 0) is 17.6 Å². The summed E-state index contributed by atoms with van der Waals surface area (Å²) >= 11 is 1.65. The molecule has 2 aromatic rings. The molecule has 0 unspecified atom stereocenters. The summed E-state index contributed by atoms with van der Waals surface area (Å²) in [4.78, 5) is 21.4. The number of aromatic nitrogens is 1. The van der Waals surface area contributed by atoms with Gasteiger partial charge in [0.05, 0.1) is 17.2 Å². The van der Waals surface area contributed by atoms with Crippen LogP contribution in [0.15, 0.2) is 23.3 Å². The molecule has 3 N–H and O–H groups in total. The summed E-state index contributed by atoms with van der Waals surface area (Å²) in [5.41, 5.74) is -0.431. The molecule has 154 valence electrons. The molecule has 0 fully saturated rings. The normalized spacial score (nSPS) is 11.0. The van der Waals surface area contributed by atoms with Crippen molar-refractivity contribution in [1.82, 2.24) is 15.6 Å². The number of aliphatic imine (C=N–C) groups is 1. The van der Waals surface area contributed by atoms with Gasteiger partial charge in [0.15, 0.2) is 23.4 Å². The molecule has 1 amide bonds. The van der Waals surface area contributed by atoms with Gasteiger partial charge >= 0.3 is 0 Å². The van der Waals surface area contributed by atoms with Gasteiger partial charge in [0.25, 0.3) is 0 Å². The maximum atomic E-state index is 13.6. The van der Waals surface area contributed by atoms with Gasteiger partial charge in [0, 0.05) is 31.1 Å². The lowest BCUT2D eigenvalue weighted by molar-refractivity contribution is -0.115. The number of guanidine groups is 1. The van der Waals surface area contributed by atoms with Crippen LogP contribution in [-0.4, -0.2) is 37.0 Å². The second kappa shape index (κ2) is 11.8. The van der Waals surface area contributed by atoms with E-state index in [-0.39, 0.29) is 30.5 Å². The first-order chi connectivity index (χ1) is 12.9. The standard InChI is InChI=1S/C17H20F3N5OS.HI/c1-3-10-8-23-14(27-10)6-7-22-17(21-2)24-9-13(26)25-12-5-4-11(18)15(19)16(12)20;/h4-5,8H,3,6-7,9H2,1-2H3,(H,25,26)(H2,21,22,24);1H. The molecule has 0 radical (unpaired) electrons. The molecule has 11 heteroatoms. The average molecular weight is 527 g/mol. The average Bonchev–Trinajstić information content (AvgIpc) is 3.13. The Morgan fingerprint density at radius 3 is 2.61 bits per heavy atom. The lowest BCUT2D eigenvalue weighted by Crippen LogP contribution is -2.42. The number of anilines is 1. The fourth-order valence-corrected chi connectivity index (χ4v) is 2.98. The van der Waals surface area contributed by atoms with Crippen LogP contribution in [0.25, 0.3) is 0 Å². The van der Waals surface area contributed by atoms with Gasteiger partial charge in [-0.3, -0.25) is 9.79 Å². The van der Waals surface area contributed by atoms with Crippen molar-refractivity contribution in [2.45, 2.75) is 19.8 Å². The van der Waals surface area contributed by atoms with E-state index in [9.17, 15) is 18.0 Å². The van der Waals surface area contributed by atoms with Crippen molar-refractivity contribution >= 4 is 52.9 Å². The van der Waals surface area contributed by atoms with E-state index in [1.165, 1.54) is 4.88 Å². The van der Waals surface area contributed by atoms with Crippen LogP contribution in [0.3, 0.4) is 0 Å². The van der Waals surface area contributed by atoms with Gasteiger partial charge in [-0.2, -0.15) is 0 Å². The molecule has 28 heavy (non-hydrogen) atoms. The Bertz CT molecular complexity index is 831. The predicted octanol–water partition coefficient (Wildman–Crippen LogP) is 3.09. The van der Waals surface area contributed by atoms with Crippen molar-refractivity contribution in [1.29, 1.82) is 0 Å². The van der Waals surface area contributed by atoms with Gasteiger partial charge in [-0.05, 0) is 18.6 Å². The zero-order valence-corrected chi connectivity index (χ0v) is 18.5. The number of aryl methyl sites for hydroxylation is 1. The van der Waals surface area contributed by atoms with Crippen molar-refractivity contribution in [2.75, 3.05) is 25.5 Å². The molecule has 0 atom stereocenters. The van der Waals surface area contributed by atoms with E-state index in [0.717, 1.165) is 23.6 Å². The first kappa shape index (κ1) is 24.1. The number of thiazole rings is 1. The van der Waals surface area contributed by atoms with Gasteiger partial charge in [-0.15, -0.1) is 35.3 Å². The SMILES string of the molecule is CCc1cnc(CCNC(=NC)NCC(=O)Nc2ccc(F)c(F)c2F)s1.I. The van der Waals surface area contributed by atoms with Crippen molar-refractivity contribution < 1.29 is 18.0 Å². The Kier molecular flexibility index (Phi) is 10.2. The van der Waals surface area contributed by atoms with Crippen LogP contribution in [0.2, 0.25) is 0 Å². The van der Waals surface area contributed by atoms with Gasteiger partial charge in [0.1, 0.15) is 0 Å². The van der Waals surface area contributed by atoms with E-state index >= 15 is 0 Å². The number of halogens is 4. The molecule has 6 nitrogen and oxygen atoms in total. The summed E-state index contributed by atoms with van der Waals surface area (Å²) in [6.45, 7) is 2.41. The first-order valence-corrected chi connectivity index (χ1v) is 9.07. The topological polar surface area (TPSA) is 78.4 Å². The minimum Gasteiger partial charge on any atom is -0.356 e. The van der Waals surface area contributed by atoms with Gasteiger partial charge in [0.2, 0.25) is 5.91 Å². The second-order valence-electron chi connectivity index (χ2n) is 5.45. The minimum absolute atomic E-state index is 0. The summed E-state index contributed by atoms with van der Waals surface area (Å²) in [5.74, 6) is -4.65. The first-order valence-electron chi connectivity index (χ1n) is 8.26. The third-order valence-electron chi connectivity index (χ3n) is 3.53. The largest absolute Gasteiger partial charge is 0.356 e. The Morgan fingerprint density at radius 2 is 1.96 bits per heavy atom. The van der Waals surface area contributed by atoms with Crippen LogP contribution in [0.1, 0.15) is 16.8 Å². The number of hydrogen-bond donors (Lipinski definition) is 3. The molecule has 0 saturated carbocycles. The molecule has 0 spiro atoms. The Balaban J connectivity index is 0.00000392. The smallest absolute Gasteiger partial charge is 0.243 e. The van der Waals surface area contributed by atoms with E-state index in [1.807, 2.05) is 6.20 Å². The molecular formula is C17H21F3IN5OS. The third kappa shape index (κ3) is 6.93. The molecule has 1 aromatic carbocycles. The van der Waals surface area contributed by atoms with Gasteiger partial charge < -0.3 is 16.0 Å². The highest BCUT2D eigenvalue weighted by molar-refractivity contribution is 14.0. The van der Waals surface area contributed by atoms with Gasteiger partial charge in [-0.25, -0.2) is 18.2 Å². The maximum absolute atomic E-state index is 13.6. The predicted molar refractivity (Wildman–Crippen MR) is 115 cm³/mol. The fourth-order valence-electron chi connectivity index (χ4n) is 2.12. The molecule has 1 aromatic heterocycles. The summed E-state index contributed by atoms with van der Waals surface area (Å²) in [6, 6.07) is 1.70. The number of rotatable bonds is 7. The molecule has 0 aliphatic heterocycles. The molecule has 1 heterocycles. The molecule has 0 saturated heterocycles. The van der Waals surface area contributed by atoms with E-state index in [2.05, 4.69) is 32.9 Å². The zero-order valence-electron chi connectivity index (χ0n) is 15.3. The lowest BCUT2D eigenvalue weighted by atomic mass is 10.2. The second-order valence-corrected chi connectivity index (χ2v) is 6.65. The third-order valence-corrected chi connectivity index (χ3v) is 4.73. The Labute approximate surface area is 182 Å². The molecular weight excluding hydrogens is 506 g/mol. The van der Waals surface area contributed by atoms with Crippen LogP contribution in [0.4, 0.5) is 18.9 Å². The van der Waals surface area contributed by atoms with Gasteiger partial charge in [-0.1, -0.05) is 6.92 Å². The van der Waals surface area contributed by atoms with Crippen molar-refractivity contribution in [2.24, 2.45) is 4.99 Å². The van der Waals surface area contributed by atoms with Crippen LogP contribution < -0.4 is 16.0 Å². The van der Waals surface area contributed by atoms with Crippen molar-refractivity contribution in [3.05, 3.63) is 45.7 Å². The van der Waals surface area contributed by atoms with Crippen molar-refractivity contribution in [3.63, 3.8) is 0 Å². The van der Waals surface area contributed by atoms with Crippen LogP contribution in [0, 0.1) is 17.5 Å². The lowest BCUT2D eigenvalue weighted by Gasteiger charge is -2.12. The van der Waals surface area contributed by atoms with E-state index in [4.69, 9.17) is 0 Å². The number of carbonyl (C=O) groups is 1. The maximum Gasteiger partial charge on any atom is 0.243 e. The quantitative estimate of drug-likeness (QED) is 0.224. The van der Waals surface area contributed by atoms with E-state index in [0.29, 0.717) is 18.9 Å². The summed E-state index contributed by atoms with van der Waals surface area (Å²) in [7, 11) is 1.54. The fraction of sp³-hybridized carbons (Fsp3) is 0.353. The van der Waals surface area contributed by atoms with Crippen LogP contribution in [0.5, 0.6) is 0 Å². The molecule has 2 rings (SSSR count). The number of benzene rings is 1. The summed E-state index contributed by atoms with van der Waals surface area (Å²) in [6.07, 6.45) is 3.51. The van der Waals surface area contributed by atoms with E-state index < -0.39 is 29.0 Å².